The van der Waals surface area contributed by atoms with Gasteiger partial charge in [0, 0.05) is 11.8 Å². The summed E-state index contributed by atoms with van der Waals surface area (Å²) in [4.78, 5) is 29.2. The number of carbonyl (C=O) groups is 2. The number of ether oxygens (including phenoxy) is 1. The molecular formula is C19H18N2O5S2. The Hall–Kier alpha value is -2.78. The molecule has 0 aliphatic rings. The van der Waals surface area contributed by atoms with Gasteiger partial charge in [0.1, 0.15) is 6.54 Å². The number of hydrogen-bond donors (Lipinski definition) is 0. The van der Waals surface area contributed by atoms with Gasteiger partial charge in [-0.2, -0.15) is 4.99 Å². The third kappa shape index (κ3) is 4.37. The Bertz CT molecular complexity index is 1210. The van der Waals surface area contributed by atoms with Crippen LogP contribution < -0.4 is 4.80 Å². The van der Waals surface area contributed by atoms with Crippen molar-refractivity contribution in [3.63, 3.8) is 0 Å². The molecule has 0 saturated carbocycles. The van der Waals surface area contributed by atoms with Crippen molar-refractivity contribution in [3.05, 3.63) is 58.9 Å². The van der Waals surface area contributed by atoms with Crippen LogP contribution in [0.2, 0.25) is 0 Å². The van der Waals surface area contributed by atoms with E-state index < -0.39 is 21.7 Å². The molecule has 1 amide bonds. The number of aromatic nitrogens is 1. The van der Waals surface area contributed by atoms with Crippen LogP contribution in [0.5, 0.6) is 0 Å². The van der Waals surface area contributed by atoms with Gasteiger partial charge in [-0.1, -0.05) is 23.5 Å². The number of esters is 1. The summed E-state index contributed by atoms with van der Waals surface area (Å²) >= 11 is 1.29. The first kappa shape index (κ1) is 20.0. The van der Waals surface area contributed by atoms with E-state index >= 15 is 0 Å². The summed E-state index contributed by atoms with van der Waals surface area (Å²) in [5, 5.41) is 0. The van der Waals surface area contributed by atoms with Crippen LogP contribution in [0.25, 0.3) is 10.2 Å². The molecule has 0 fully saturated rings. The van der Waals surface area contributed by atoms with Crippen LogP contribution in [0.3, 0.4) is 0 Å². The Morgan fingerprint density at radius 3 is 2.43 bits per heavy atom. The van der Waals surface area contributed by atoms with E-state index in [4.69, 9.17) is 4.74 Å². The fraction of sp³-hybridized carbons (Fsp3) is 0.211. The van der Waals surface area contributed by atoms with Gasteiger partial charge < -0.3 is 9.30 Å². The van der Waals surface area contributed by atoms with Crippen molar-refractivity contribution >= 4 is 43.3 Å². The predicted molar refractivity (Wildman–Crippen MR) is 106 cm³/mol. The summed E-state index contributed by atoms with van der Waals surface area (Å²) < 4.78 is 30.6. The number of rotatable bonds is 5. The average Bonchev–Trinajstić information content (AvgIpc) is 2.98. The minimum atomic E-state index is -3.34. The normalized spacial score (nSPS) is 12.3. The van der Waals surface area contributed by atoms with Gasteiger partial charge in [-0.05, 0) is 43.3 Å². The molecule has 0 N–H and O–H groups in total. The molecule has 3 aromatic rings. The van der Waals surface area contributed by atoms with E-state index in [1.54, 1.807) is 11.5 Å². The van der Waals surface area contributed by atoms with Crippen molar-refractivity contribution in [3.8, 4) is 0 Å². The summed E-state index contributed by atoms with van der Waals surface area (Å²) in [6.07, 6.45) is 1.10. The van der Waals surface area contributed by atoms with Crippen LogP contribution in [-0.2, 0) is 25.9 Å². The number of amides is 1. The van der Waals surface area contributed by atoms with Crippen LogP contribution in [0, 0.1) is 0 Å². The van der Waals surface area contributed by atoms with Crippen molar-refractivity contribution < 1.29 is 22.7 Å². The molecule has 0 saturated heterocycles. The van der Waals surface area contributed by atoms with Gasteiger partial charge in [0.15, 0.2) is 14.6 Å². The van der Waals surface area contributed by atoms with Crippen molar-refractivity contribution in [1.29, 1.82) is 0 Å². The van der Waals surface area contributed by atoms with E-state index in [-0.39, 0.29) is 23.6 Å². The number of thiazole rings is 1. The lowest BCUT2D eigenvalue weighted by Gasteiger charge is -2.05. The summed E-state index contributed by atoms with van der Waals surface area (Å²) in [6, 6.07) is 13.0. The fourth-order valence-corrected chi connectivity index (χ4v) is 4.25. The average molecular weight is 418 g/mol. The molecular weight excluding hydrogens is 400 g/mol. The Labute approximate surface area is 165 Å². The molecule has 0 bridgehead atoms. The summed E-state index contributed by atoms with van der Waals surface area (Å²) in [7, 11) is -3.34. The van der Waals surface area contributed by atoms with E-state index in [0.717, 1.165) is 16.5 Å². The highest BCUT2D eigenvalue weighted by molar-refractivity contribution is 7.90. The molecule has 7 nitrogen and oxygen atoms in total. The number of hydrogen-bond acceptors (Lipinski definition) is 6. The lowest BCUT2D eigenvalue weighted by Crippen LogP contribution is -2.23. The zero-order chi connectivity index (χ0) is 20.3. The molecule has 0 aliphatic heterocycles. The number of sulfone groups is 1. The lowest BCUT2D eigenvalue weighted by molar-refractivity contribution is -0.143. The van der Waals surface area contributed by atoms with Gasteiger partial charge in [0.25, 0.3) is 5.91 Å². The Balaban J connectivity index is 2.03. The second kappa shape index (κ2) is 8.07. The molecule has 1 heterocycles. The minimum Gasteiger partial charge on any atom is -0.465 e. The van der Waals surface area contributed by atoms with Crippen LogP contribution >= 0.6 is 11.3 Å². The molecule has 9 heteroatoms. The maximum absolute atomic E-state index is 12.6. The second-order valence-corrected chi connectivity index (χ2v) is 8.98. The zero-order valence-electron chi connectivity index (χ0n) is 15.3. The van der Waals surface area contributed by atoms with E-state index in [1.165, 1.54) is 35.6 Å². The largest absolute Gasteiger partial charge is 0.465 e. The first-order valence-electron chi connectivity index (χ1n) is 8.43. The first-order chi connectivity index (χ1) is 13.3. The number of benzene rings is 2. The topological polar surface area (TPSA) is 94.8 Å². The van der Waals surface area contributed by atoms with Crippen LogP contribution in [-0.4, -0.2) is 37.7 Å². The van der Waals surface area contributed by atoms with E-state index in [0.29, 0.717) is 4.80 Å². The van der Waals surface area contributed by atoms with Gasteiger partial charge in [-0.25, -0.2) is 8.42 Å². The summed E-state index contributed by atoms with van der Waals surface area (Å²) in [5.74, 6) is -0.943. The number of carbonyl (C=O) groups excluding carboxylic acids is 2. The predicted octanol–water partition coefficient (Wildman–Crippen LogP) is 2.41. The van der Waals surface area contributed by atoms with Crippen molar-refractivity contribution in [1.82, 2.24) is 4.57 Å². The first-order valence-corrected chi connectivity index (χ1v) is 11.1. The van der Waals surface area contributed by atoms with Gasteiger partial charge in [0.2, 0.25) is 0 Å². The van der Waals surface area contributed by atoms with E-state index in [1.807, 2.05) is 24.3 Å². The quantitative estimate of drug-likeness (QED) is 0.593. The van der Waals surface area contributed by atoms with Crippen molar-refractivity contribution in [2.45, 2.75) is 18.4 Å². The second-order valence-electron chi connectivity index (χ2n) is 5.96. The number of para-hydroxylation sites is 1. The van der Waals surface area contributed by atoms with E-state index in [9.17, 15) is 18.0 Å². The lowest BCUT2D eigenvalue weighted by atomic mass is 10.2. The monoisotopic (exact) mass is 418 g/mol. The molecule has 0 unspecified atom stereocenters. The number of fused-ring (bicyclic) bond motifs is 1. The molecule has 0 atom stereocenters. The minimum absolute atomic E-state index is 0.0585. The highest BCUT2D eigenvalue weighted by Crippen LogP contribution is 2.17. The molecule has 2 aromatic carbocycles. The van der Waals surface area contributed by atoms with Crippen LogP contribution in [0.15, 0.2) is 58.4 Å². The van der Waals surface area contributed by atoms with Gasteiger partial charge >= 0.3 is 5.97 Å². The van der Waals surface area contributed by atoms with Gasteiger partial charge in [-0.15, -0.1) is 0 Å². The fourth-order valence-electron chi connectivity index (χ4n) is 2.59. The Kier molecular flexibility index (Phi) is 5.76. The maximum atomic E-state index is 12.6. The zero-order valence-corrected chi connectivity index (χ0v) is 16.9. The SMILES string of the molecule is CCOC(=O)Cn1c(=NC(=O)c2ccc(S(C)(=O)=O)cc2)sc2ccccc21. The molecule has 0 aliphatic carbocycles. The molecule has 0 spiro atoms. The van der Waals surface area contributed by atoms with Crippen molar-refractivity contribution in [2.24, 2.45) is 4.99 Å². The maximum Gasteiger partial charge on any atom is 0.326 e. The Morgan fingerprint density at radius 1 is 1.11 bits per heavy atom. The molecule has 146 valence electrons. The third-order valence-electron chi connectivity index (χ3n) is 3.91. The van der Waals surface area contributed by atoms with Gasteiger partial charge in [0.05, 0.1) is 21.7 Å². The highest BCUT2D eigenvalue weighted by atomic mass is 32.2. The molecule has 0 radical (unpaired) electrons. The highest BCUT2D eigenvalue weighted by Gasteiger charge is 2.13. The van der Waals surface area contributed by atoms with E-state index in [2.05, 4.69) is 4.99 Å². The third-order valence-corrected chi connectivity index (χ3v) is 6.10. The molecule has 3 rings (SSSR count). The van der Waals surface area contributed by atoms with Gasteiger partial charge in [-0.3, -0.25) is 9.59 Å². The molecule has 1 aromatic heterocycles. The molecule has 28 heavy (non-hydrogen) atoms. The van der Waals surface area contributed by atoms with Crippen LogP contribution in [0.1, 0.15) is 17.3 Å². The summed E-state index contributed by atoms with van der Waals surface area (Å²) in [6.45, 7) is 1.93. The number of nitrogens with zero attached hydrogens (tertiary/aromatic N) is 2. The van der Waals surface area contributed by atoms with Crippen molar-refractivity contribution in [2.75, 3.05) is 12.9 Å². The summed E-state index contributed by atoms with van der Waals surface area (Å²) in [5.41, 5.74) is 1.03. The smallest absolute Gasteiger partial charge is 0.326 e. The Morgan fingerprint density at radius 2 is 1.79 bits per heavy atom. The van der Waals surface area contributed by atoms with Crippen LogP contribution in [0.4, 0.5) is 0 Å². The standard InChI is InChI=1S/C19H18N2O5S2/c1-3-26-17(22)12-21-15-6-4-5-7-16(15)27-19(21)20-18(23)13-8-10-14(11-9-13)28(2,24)25/h4-11H,3,12H2,1-2H3.